The molecule has 1 heterocycles. The molecular weight excluding hydrogens is 451 g/mol. The van der Waals surface area contributed by atoms with E-state index in [2.05, 4.69) is 31.0 Å². The summed E-state index contributed by atoms with van der Waals surface area (Å²) in [6.45, 7) is 9.02. The van der Waals surface area contributed by atoms with Gasteiger partial charge < -0.3 is 19.9 Å². The molecule has 0 saturated carbocycles. The first-order valence-electron chi connectivity index (χ1n) is 8.78. The molecule has 0 aliphatic carbocycles. The lowest BCUT2D eigenvalue weighted by molar-refractivity contribution is 0.245. The number of nitrogens with one attached hydrogen (secondary N) is 1. The Bertz CT molecular complexity index is 519. The molecule has 0 spiro atoms. The maximum Gasteiger partial charge on any atom is 0.194 e. The van der Waals surface area contributed by atoms with Gasteiger partial charge in [0.05, 0.1) is 11.6 Å². The normalized spacial score (nSPS) is 12.9. The molecule has 0 aliphatic heterocycles. The van der Waals surface area contributed by atoms with Crippen LogP contribution in [-0.4, -0.2) is 47.3 Å². The number of guanidine groups is 1. The second-order valence-electron chi connectivity index (χ2n) is 6.82. The molecule has 0 bridgehead atoms. The minimum Gasteiger partial charge on any atom is -0.396 e. The van der Waals surface area contributed by atoms with Crippen molar-refractivity contribution in [1.29, 1.82) is 0 Å². The Kier molecular flexibility index (Phi) is 12.6. The Balaban J connectivity index is 0.00000576. The first-order chi connectivity index (χ1) is 11.4. The van der Waals surface area contributed by atoms with Crippen LogP contribution in [-0.2, 0) is 13.6 Å². The summed E-state index contributed by atoms with van der Waals surface area (Å²) in [4.78, 5) is 6.91. The van der Waals surface area contributed by atoms with E-state index in [9.17, 15) is 5.11 Å². The smallest absolute Gasteiger partial charge is 0.194 e. The largest absolute Gasteiger partial charge is 0.396 e. The molecule has 1 atom stereocenters. The molecule has 0 amide bonds. The fourth-order valence-corrected chi connectivity index (χ4v) is 3.13. The van der Waals surface area contributed by atoms with Crippen molar-refractivity contribution in [2.75, 3.05) is 26.7 Å². The van der Waals surface area contributed by atoms with Crippen LogP contribution >= 0.6 is 35.6 Å². The van der Waals surface area contributed by atoms with E-state index in [-0.39, 0.29) is 30.6 Å². The van der Waals surface area contributed by atoms with Crippen molar-refractivity contribution in [3.05, 3.63) is 23.0 Å². The van der Waals surface area contributed by atoms with Gasteiger partial charge in [-0.1, -0.05) is 25.4 Å². The van der Waals surface area contributed by atoms with Crippen molar-refractivity contribution >= 4 is 41.5 Å². The molecule has 25 heavy (non-hydrogen) atoms. The number of rotatable bonds is 9. The summed E-state index contributed by atoms with van der Waals surface area (Å²) in [5.41, 5.74) is 1.14. The molecule has 5 nitrogen and oxygen atoms in total. The van der Waals surface area contributed by atoms with Crippen LogP contribution in [0.1, 0.15) is 39.3 Å². The van der Waals surface area contributed by atoms with Gasteiger partial charge >= 0.3 is 0 Å². The number of nitrogens with zero attached hydrogens (tertiary/aromatic N) is 3. The van der Waals surface area contributed by atoms with Crippen molar-refractivity contribution in [3.63, 3.8) is 0 Å². The Morgan fingerprint density at radius 3 is 2.60 bits per heavy atom. The molecule has 2 N–H and O–H groups in total. The number of aliphatic hydroxyl groups is 1. The third kappa shape index (κ3) is 9.15. The highest BCUT2D eigenvalue weighted by Crippen LogP contribution is 2.16. The van der Waals surface area contributed by atoms with Crippen LogP contribution in [0.4, 0.5) is 0 Å². The highest BCUT2D eigenvalue weighted by molar-refractivity contribution is 14.0. The van der Waals surface area contributed by atoms with E-state index in [0.717, 1.165) is 49.2 Å². The number of aryl methyl sites for hydroxylation is 1. The van der Waals surface area contributed by atoms with E-state index in [0.29, 0.717) is 11.8 Å². The summed E-state index contributed by atoms with van der Waals surface area (Å²) in [6, 6.07) is 1.98. The zero-order valence-corrected chi connectivity index (χ0v) is 19.2. The summed E-state index contributed by atoms with van der Waals surface area (Å²) in [5, 5.41) is 13.4. The van der Waals surface area contributed by atoms with Gasteiger partial charge in [-0.2, -0.15) is 0 Å². The van der Waals surface area contributed by atoms with Gasteiger partial charge in [0.25, 0.3) is 0 Å². The van der Waals surface area contributed by atoms with Gasteiger partial charge in [0.2, 0.25) is 0 Å². The van der Waals surface area contributed by atoms with Gasteiger partial charge in [-0.15, -0.1) is 24.0 Å². The fourth-order valence-electron chi connectivity index (χ4n) is 2.86. The fraction of sp³-hybridized carbons (Fsp3) is 0.722. The van der Waals surface area contributed by atoms with E-state index in [1.807, 2.05) is 30.9 Å². The van der Waals surface area contributed by atoms with Gasteiger partial charge in [0, 0.05) is 45.7 Å². The van der Waals surface area contributed by atoms with Crippen LogP contribution in [0.3, 0.4) is 0 Å². The quantitative estimate of drug-likeness (QED) is 0.319. The molecule has 0 radical (unpaired) electrons. The van der Waals surface area contributed by atoms with Gasteiger partial charge in [-0.3, -0.25) is 4.99 Å². The minimum atomic E-state index is 0. The second-order valence-corrected chi connectivity index (χ2v) is 7.26. The third-order valence-electron chi connectivity index (χ3n) is 4.01. The number of aromatic nitrogens is 1. The van der Waals surface area contributed by atoms with Crippen LogP contribution in [0.15, 0.2) is 17.3 Å². The van der Waals surface area contributed by atoms with E-state index >= 15 is 0 Å². The van der Waals surface area contributed by atoms with Gasteiger partial charge in [-0.25, -0.2) is 0 Å². The Morgan fingerprint density at radius 2 is 2.12 bits per heavy atom. The van der Waals surface area contributed by atoms with Crippen molar-refractivity contribution in [3.8, 4) is 0 Å². The Morgan fingerprint density at radius 1 is 1.44 bits per heavy atom. The van der Waals surface area contributed by atoms with Crippen LogP contribution in [0.5, 0.6) is 0 Å². The summed E-state index contributed by atoms with van der Waals surface area (Å²) >= 11 is 6.07. The van der Waals surface area contributed by atoms with Gasteiger partial charge in [0.15, 0.2) is 5.96 Å². The molecule has 1 rings (SSSR count). The van der Waals surface area contributed by atoms with Crippen molar-refractivity contribution in [2.24, 2.45) is 23.9 Å². The van der Waals surface area contributed by atoms with Gasteiger partial charge in [-0.05, 0) is 37.7 Å². The van der Waals surface area contributed by atoms with E-state index in [1.54, 1.807) is 0 Å². The highest BCUT2D eigenvalue weighted by Gasteiger charge is 2.13. The molecular formula is C18H34ClIN4O. The first kappa shape index (κ1) is 24.5. The van der Waals surface area contributed by atoms with Crippen LogP contribution in [0.25, 0.3) is 0 Å². The molecule has 0 fully saturated rings. The van der Waals surface area contributed by atoms with Crippen molar-refractivity contribution < 1.29 is 5.11 Å². The number of aliphatic hydroxyl groups excluding tert-OH is 1. The molecule has 1 aromatic heterocycles. The molecule has 0 saturated heterocycles. The predicted molar refractivity (Wildman–Crippen MR) is 118 cm³/mol. The second kappa shape index (κ2) is 12.8. The maximum atomic E-state index is 9.27. The third-order valence-corrected chi connectivity index (χ3v) is 4.22. The SMILES string of the molecule is CCNC(=NCC(CCO)CC(C)C)N(C)Cc1cc(Cl)cn1C.I. The zero-order valence-electron chi connectivity index (χ0n) is 16.1. The first-order valence-corrected chi connectivity index (χ1v) is 9.16. The molecule has 0 aromatic carbocycles. The topological polar surface area (TPSA) is 52.8 Å². The number of hydrogen-bond donors (Lipinski definition) is 2. The number of aliphatic imine (C=N–C) groups is 1. The summed E-state index contributed by atoms with van der Waals surface area (Å²) in [6.07, 6.45) is 3.80. The van der Waals surface area contributed by atoms with Crippen LogP contribution < -0.4 is 5.32 Å². The average molecular weight is 485 g/mol. The van der Waals surface area contributed by atoms with Crippen LogP contribution in [0.2, 0.25) is 5.02 Å². The maximum absolute atomic E-state index is 9.27. The van der Waals surface area contributed by atoms with Crippen molar-refractivity contribution in [2.45, 2.75) is 40.2 Å². The molecule has 7 heteroatoms. The van der Waals surface area contributed by atoms with E-state index in [1.165, 1.54) is 0 Å². The number of halogens is 2. The molecule has 1 unspecified atom stereocenters. The molecule has 0 aliphatic rings. The highest BCUT2D eigenvalue weighted by atomic mass is 127. The lowest BCUT2D eigenvalue weighted by Crippen LogP contribution is -2.39. The van der Waals surface area contributed by atoms with E-state index < -0.39 is 0 Å². The van der Waals surface area contributed by atoms with Crippen molar-refractivity contribution in [1.82, 2.24) is 14.8 Å². The Hall–Kier alpha value is -0.470. The predicted octanol–water partition coefficient (Wildman–Crippen LogP) is 3.74. The summed E-state index contributed by atoms with van der Waals surface area (Å²) in [5.74, 6) is 1.92. The summed E-state index contributed by atoms with van der Waals surface area (Å²) in [7, 11) is 4.03. The zero-order chi connectivity index (χ0) is 18.1. The summed E-state index contributed by atoms with van der Waals surface area (Å²) < 4.78 is 2.04. The standard InChI is InChI=1S/C18H33ClN4O.HI/c1-6-20-18(21-11-15(7-8-24)9-14(2)3)23(5)13-17-10-16(19)12-22(17)4;/h10,12,14-15,24H,6-9,11,13H2,1-5H3,(H,20,21);1H. The molecule has 146 valence electrons. The lowest BCUT2D eigenvalue weighted by atomic mass is 9.94. The Labute approximate surface area is 174 Å². The number of hydrogen-bond acceptors (Lipinski definition) is 2. The lowest BCUT2D eigenvalue weighted by Gasteiger charge is -2.23. The average Bonchev–Trinajstić information content (AvgIpc) is 2.80. The molecule has 1 aromatic rings. The monoisotopic (exact) mass is 484 g/mol. The van der Waals surface area contributed by atoms with Crippen LogP contribution in [0, 0.1) is 11.8 Å². The van der Waals surface area contributed by atoms with Gasteiger partial charge in [0.1, 0.15) is 0 Å². The van der Waals surface area contributed by atoms with E-state index in [4.69, 9.17) is 16.6 Å². The minimum absolute atomic E-state index is 0.